The summed E-state index contributed by atoms with van der Waals surface area (Å²) in [6, 6.07) is 53.5. The second kappa shape index (κ2) is 10.9. The maximum Gasteiger partial charge on any atom is 0.0645 e. The maximum absolute atomic E-state index is 8.99. The molecule has 0 heterocycles. The van der Waals surface area contributed by atoms with Crippen molar-refractivity contribution in [3.05, 3.63) is 188 Å². The number of hydrogen-bond donors (Lipinski definition) is 0. The number of benzene rings is 11. The van der Waals surface area contributed by atoms with Gasteiger partial charge in [0.15, 0.2) is 0 Å². The standard InChI is InChI=1S/C50H31N/c1-2-10-40(11-3-1)51(41-24-16-32(17-25-41)43-28-20-38-14-12-34-6-4-8-36-22-30-45(43)49(38)47(34)36)42-26-18-33(19-27-42)44-29-21-39-15-13-35-7-5-9-37-23-31-46(44)50(39)48(35)37/h1-31H/i1D,2D,3D,10D,11D. The molecule has 236 valence electrons. The fraction of sp³-hybridized carbons (Fsp3) is 0. The van der Waals surface area contributed by atoms with E-state index in [1.54, 1.807) is 4.90 Å². The quantitative estimate of drug-likeness (QED) is 0.168. The van der Waals surface area contributed by atoms with Gasteiger partial charge in [-0.1, -0.05) is 152 Å². The van der Waals surface area contributed by atoms with E-state index >= 15 is 0 Å². The highest BCUT2D eigenvalue weighted by Gasteiger charge is 2.17. The van der Waals surface area contributed by atoms with E-state index in [9.17, 15) is 0 Å². The van der Waals surface area contributed by atoms with E-state index in [4.69, 9.17) is 6.85 Å². The molecule has 1 nitrogen and oxygen atoms in total. The Bertz CT molecular complexity index is 3100. The average molecular weight is 651 g/mol. The van der Waals surface area contributed by atoms with Crippen LogP contribution in [-0.4, -0.2) is 0 Å². The maximum atomic E-state index is 8.99. The van der Waals surface area contributed by atoms with Gasteiger partial charge in [-0.05, 0) is 123 Å². The van der Waals surface area contributed by atoms with Crippen molar-refractivity contribution >= 4 is 81.7 Å². The minimum atomic E-state index is -0.419. The van der Waals surface area contributed by atoms with Crippen molar-refractivity contribution in [3.63, 3.8) is 0 Å². The topological polar surface area (TPSA) is 3.24 Å². The van der Waals surface area contributed by atoms with Crippen molar-refractivity contribution in [2.75, 3.05) is 4.90 Å². The van der Waals surface area contributed by atoms with Crippen molar-refractivity contribution in [2.45, 2.75) is 0 Å². The molecular formula is C50H31N. The van der Waals surface area contributed by atoms with Gasteiger partial charge in [0.05, 0.1) is 6.85 Å². The summed E-state index contributed by atoms with van der Waals surface area (Å²) in [5.41, 5.74) is 5.72. The fourth-order valence-electron chi connectivity index (χ4n) is 8.32. The first kappa shape index (κ1) is 23.6. The van der Waals surface area contributed by atoms with Crippen LogP contribution in [0.2, 0.25) is 0 Å². The second-order valence-corrected chi connectivity index (χ2v) is 13.3. The first-order chi connectivity index (χ1) is 27.4. The van der Waals surface area contributed by atoms with Gasteiger partial charge in [0.2, 0.25) is 0 Å². The van der Waals surface area contributed by atoms with Crippen molar-refractivity contribution in [1.82, 2.24) is 0 Å². The first-order valence-corrected chi connectivity index (χ1v) is 17.3. The lowest BCUT2D eigenvalue weighted by Gasteiger charge is -2.26. The SMILES string of the molecule is [2H]c1c([2H])c([2H])c(N(c2ccc(-c3ccc4ccc5cccc6ccc3c4c56)cc2)c2ccc(-c3ccc4ccc5cccc6ccc3c4c56)cc2)c([2H])c1[2H]. The van der Waals surface area contributed by atoms with Gasteiger partial charge in [-0.3, -0.25) is 0 Å². The largest absolute Gasteiger partial charge is 0.311 e. The second-order valence-electron chi connectivity index (χ2n) is 13.3. The predicted molar refractivity (Wildman–Crippen MR) is 219 cm³/mol. The van der Waals surface area contributed by atoms with Crippen molar-refractivity contribution in [2.24, 2.45) is 0 Å². The summed E-state index contributed by atoms with van der Waals surface area (Å²) < 4.78 is 43.4. The molecule has 11 rings (SSSR count). The molecule has 0 bridgehead atoms. The highest BCUT2D eigenvalue weighted by atomic mass is 15.1. The normalized spacial score (nSPS) is 13.3. The third-order valence-corrected chi connectivity index (χ3v) is 10.6. The van der Waals surface area contributed by atoms with Gasteiger partial charge < -0.3 is 4.90 Å². The average Bonchev–Trinajstić information content (AvgIpc) is 3.25. The number of para-hydroxylation sites is 1. The van der Waals surface area contributed by atoms with E-state index in [1.807, 2.05) is 24.3 Å². The molecule has 0 radical (unpaired) electrons. The molecule has 11 aromatic rings. The third-order valence-electron chi connectivity index (χ3n) is 10.6. The number of hydrogen-bond acceptors (Lipinski definition) is 1. The van der Waals surface area contributed by atoms with E-state index in [0.29, 0.717) is 11.4 Å². The summed E-state index contributed by atoms with van der Waals surface area (Å²) in [7, 11) is 0. The molecule has 0 aromatic heterocycles. The summed E-state index contributed by atoms with van der Waals surface area (Å²) in [6.07, 6.45) is 0. The molecule has 0 saturated carbocycles. The summed E-state index contributed by atoms with van der Waals surface area (Å²) in [5, 5.41) is 14.6. The fourth-order valence-corrected chi connectivity index (χ4v) is 8.32. The monoisotopic (exact) mass is 650 g/mol. The van der Waals surface area contributed by atoms with Crippen LogP contribution in [0, 0.1) is 0 Å². The van der Waals surface area contributed by atoms with Crippen LogP contribution < -0.4 is 4.90 Å². The van der Waals surface area contributed by atoms with Gasteiger partial charge in [0.1, 0.15) is 0 Å². The van der Waals surface area contributed by atoms with E-state index in [1.165, 1.54) is 64.6 Å². The Labute approximate surface area is 302 Å². The van der Waals surface area contributed by atoms with Crippen LogP contribution in [0.4, 0.5) is 17.1 Å². The zero-order valence-electron chi connectivity index (χ0n) is 32.5. The smallest absolute Gasteiger partial charge is 0.0645 e. The van der Waals surface area contributed by atoms with Crippen LogP contribution in [-0.2, 0) is 0 Å². The highest BCUT2D eigenvalue weighted by Crippen LogP contribution is 2.43. The van der Waals surface area contributed by atoms with Crippen LogP contribution in [0.15, 0.2) is 188 Å². The molecular weight excluding hydrogens is 615 g/mol. The Morgan fingerprint density at radius 3 is 1.12 bits per heavy atom. The summed E-state index contributed by atoms with van der Waals surface area (Å²) in [4.78, 5) is 1.78. The number of anilines is 3. The van der Waals surface area contributed by atoms with Crippen LogP contribution in [0.1, 0.15) is 6.85 Å². The third kappa shape index (κ3) is 4.28. The summed E-state index contributed by atoms with van der Waals surface area (Å²) in [6.45, 7) is 0. The minimum absolute atomic E-state index is 0.0990. The zero-order chi connectivity index (χ0) is 37.8. The van der Waals surface area contributed by atoms with Gasteiger partial charge in [0.25, 0.3) is 0 Å². The van der Waals surface area contributed by atoms with Gasteiger partial charge in [-0.15, -0.1) is 0 Å². The lowest BCUT2D eigenvalue weighted by Crippen LogP contribution is -2.09. The molecule has 0 aliphatic heterocycles. The zero-order valence-corrected chi connectivity index (χ0v) is 27.5. The molecule has 0 aliphatic rings. The lowest BCUT2D eigenvalue weighted by molar-refractivity contribution is 1.28. The molecule has 0 fully saturated rings. The Kier molecular flexibility index (Phi) is 5.05. The Morgan fingerprint density at radius 2 is 0.686 bits per heavy atom. The van der Waals surface area contributed by atoms with Gasteiger partial charge in [-0.2, -0.15) is 0 Å². The van der Waals surface area contributed by atoms with Crippen molar-refractivity contribution in [3.8, 4) is 22.3 Å². The predicted octanol–water partition coefficient (Wildman–Crippen LogP) is 14.3. The van der Waals surface area contributed by atoms with Crippen molar-refractivity contribution < 1.29 is 6.85 Å². The van der Waals surface area contributed by atoms with Crippen LogP contribution in [0.5, 0.6) is 0 Å². The highest BCUT2D eigenvalue weighted by molar-refractivity contribution is 6.26. The Balaban J connectivity index is 1.05. The number of rotatable bonds is 5. The van der Waals surface area contributed by atoms with E-state index < -0.39 is 6.04 Å². The minimum Gasteiger partial charge on any atom is -0.311 e. The lowest BCUT2D eigenvalue weighted by atomic mass is 9.90. The van der Waals surface area contributed by atoms with Crippen molar-refractivity contribution in [1.29, 1.82) is 0 Å². The Hall–Kier alpha value is -6.70. The summed E-state index contributed by atoms with van der Waals surface area (Å²) >= 11 is 0. The molecule has 0 unspecified atom stereocenters. The Morgan fingerprint density at radius 1 is 0.314 bits per heavy atom. The molecule has 0 aliphatic carbocycles. The van der Waals surface area contributed by atoms with E-state index in [2.05, 4.69) is 133 Å². The van der Waals surface area contributed by atoms with Crippen LogP contribution >= 0.6 is 0 Å². The molecule has 1 heteroatoms. The van der Waals surface area contributed by atoms with Crippen LogP contribution in [0.25, 0.3) is 86.9 Å². The summed E-state index contributed by atoms with van der Waals surface area (Å²) in [5.74, 6) is 0. The number of nitrogens with zero attached hydrogens (tertiary/aromatic N) is 1. The molecule has 51 heavy (non-hydrogen) atoms. The molecule has 0 amide bonds. The van der Waals surface area contributed by atoms with Gasteiger partial charge in [0, 0.05) is 17.1 Å². The van der Waals surface area contributed by atoms with Gasteiger partial charge in [-0.25, -0.2) is 0 Å². The van der Waals surface area contributed by atoms with E-state index in [0.717, 1.165) is 22.3 Å². The van der Waals surface area contributed by atoms with Gasteiger partial charge >= 0.3 is 0 Å². The molecule has 0 spiro atoms. The van der Waals surface area contributed by atoms with Crippen LogP contribution in [0.3, 0.4) is 0 Å². The first-order valence-electron chi connectivity index (χ1n) is 19.8. The van der Waals surface area contributed by atoms with E-state index in [-0.39, 0.29) is 29.9 Å². The molecule has 11 aromatic carbocycles. The molecule has 0 saturated heterocycles. The molecule has 0 N–H and O–H groups in total. The molecule has 0 atom stereocenters.